The van der Waals surface area contributed by atoms with Crippen LogP contribution in [0.3, 0.4) is 0 Å². The highest BCUT2D eigenvalue weighted by Crippen LogP contribution is 2.36. The molecule has 5 nitrogen and oxygen atoms in total. The van der Waals surface area contributed by atoms with Gasteiger partial charge in [0.05, 0.1) is 24.1 Å². The lowest BCUT2D eigenvalue weighted by atomic mass is 9.99. The number of hydrogen-bond acceptors (Lipinski definition) is 3. The molecule has 3 aromatic rings. The molecule has 1 amide bonds. The Labute approximate surface area is 162 Å². The van der Waals surface area contributed by atoms with E-state index in [-0.39, 0.29) is 5.91 Å². The monoisotopic (exact) mass is 370 g/mol. The maximum absolute atomic E-state index is 12.5. The van der Waals surface area contributed by atoms with Gasteiger partial charge in [-0.25, -0.2) is 0 Å². The summed E-state index contributed by atoms with van der Waals surface area (Å²) in [5, 5.41) is 13.2. The summed E-state index contributed by atoms with van der Waals surface area (Å²) in [5.74, 6) is 6.34. The van der Waals surface area contributed by atoms with Crippen LogP contribution in [0.4, 0.5) is 5.69 Å². The molecule has 28 heavy (non-hydrogen) atoms. The zero-order chi connectivity index (χ0) is 19.5. The number of nitrogens with one attached hydrogen (secondary N) is 2. The lowest BCUT2D eigenvalue weighted by Crippen LogP contribution is -2.03. The van der Waals surface area contributed by atoms with Crippen molar-refractivity contribution in [1.29, 1.82) is 0 Å². The number of fused-ring (bicyclic) bond motifs is 1. The minimum Gasteiger partial charge on any atom is -0.495 e. The van der Waals surface area contributed by atoms with E-state index >= 15 is 0 Å². The molecule has 0 bridgehead atoms. The summed E-state index contributed by atoms with van der Waals surface area (Å²) in [7, 11) is 1.58. The van der Waals surface area contributed by atoms with Gasteiger partial charge in [-0.15, -0.1) is 0 Å². The number of rotatable bonds is 3. The number of carbonyl (C=O) groups excluding carboxylic acids is 1. The summed E-state index contributed by atoms with van der Waals surface area (Å²) in [6.07, 6.45) is 2.60. The highest BCUT2D eigenvalue weighted by molar-refractivity contribution is 6.35. The van der Waals surface area contributed by atoms with Crippen LogP contribution in [0, 0.1) is 11.8 Å². The zero-order valence-electron chi connectivity index (χ0n) is 15.2. The van der Waals surface area contributed by atoms with Gasteiger partial charge in [-0.3, -0.25) is 4.79 Å². The van der Waals surface area contributed by atoms with Crippen LogP contribution in [-0.2, 0) is 4.79 Å². The number of aliphatic hydroxyl groups is 1. The molecule has 1 atom stereocenters. The molecular weight excluding hydrogens is 352 g/mol. The van der Waals surface area contributed by atoms with Crippen LogP contribution in [0.15, 0.2) is 60.8 Å². The Bertz CT molecular complexity index is 1120. The number of aromatic nitrogens is 1. The molecule has 0 aliphatic carbocycles. The Morgan fingerprint density at radius 1 is 1.11 bits per heavy atom. The number of H-pyrrole nitrogens is 1. The van der Waals surface area contributed by atoms with E-state index < -0.39 is 6.10 Å². The maximum Gasteiger partial charge on any atom is 0.256 e. The van der Waals surface area contributed by atoms with Gasteiger partial charge in [0.15, 0.2) is 0 Å². The number of ether oxygens (including phenoxy) is 1. The Morgan fingerprint density at radius 3 is 2.71 bits per heavy atom. The largest absolute Gasteiger partial charge is 0.495 e. The predicted molar refractivity (Wildman–Crippen MR) is 109 cm³/mol. The molecule has 0 fully saturated rings. The molecule has 0 radical (unpaired) electrons. The molecular formula is C23H18N2O3. The molecule has 0 saturated carbocycles. The molecule has 1 aromatic heterocycles. The van der Waals surface area contributed by atoms with Gasteiger partial charge in [0, 0.05) is 17.3 Å². The topological polar surface area (TPSA) is 74.4 Å². The number of methoxy groups -OCH3 is 1. The van der Waals surface area contributed by atoms with Gasteiger partial charge in [-0.2, -0.15) is 0 Å². The lowest BCUT2D eigenvalue weighted by Gasteiger charge is -2.05. The third-order valence-electron chi connectivity index (χ3n) is 4.53. The van der Waals surface area contributed by atoms with Crippen molar-refractivity contribution in [3.63, 3.8) is 0 Å². The van der Waals surface area contributed by atoms with E-state index in [4.69, 9.17) is 4.74 Å². The van der Waals surface area contributed by atoms with Gasteiger partial charge >= 0.3 is 0 Å². The van der Waals surface area contributed by atoms with Crippen molar-refractivity contribution < 1.29 is 14.6 Å². The van der Waals surface area contributed by atoms with Gasteiger partial charge in [0.2, 0.25) is 0 Å². The molecule has 0 spiro atoms. The average Bonchev–Trinajstić information content (AvgIpc) is 3.31. The van der Waals surface area contributed by atoms with Crippen LogP contribution in [0.5, 0.6) is 5.75 Å². The summed E-state index contributed by atoms with van der Waals surface area (Å²) < 4.78 is 5.31. The Kier molecular flexibility index (Phi) is 4.71. The molecule has 4 rings (SSSR count). The van der Waals surface area contributed by atoms with Crippen LogP contribution in [0.25, 0.3) is 11.6 Å². The van der Waals surface area contributed by atoms with E-state index in [1.807, 2.05) is 48.5 Å². The molecule has 0 saturated heterocycles. The predicted octanol–water partition coefficient (Wildman–Crippen LogP) is 3.60. The first kappa shape index (κ1) is 17.7. The molecule has 1 aliphatic heterocycles. The van der Waals surface area contributed by atoms with Gasteiger partial charge in [-0.1, -0.05) is 48.2 Å². The van der Waals surface area contributed by atoms with Crippen LogP contribution >= 0.6 is 0 Å². The Balaban J connectivity index is 1.75. The normalized spacial score (nSPS) is 14.8. The summed E-state index contributed by atoms with van der Waals surface area (Å²) in [6, 6.07) is 16.5. The maximum atomic E-state index is 12.5. The summed E-state index contributed by atoms with van der Waals surface area (Å²) >= 11 is 0. The van der Waals surface area contributed by atoms with Gasteiger partial charge in [0.25, 0.3) is 5.91 Å². The van der Waals surface area contributed by atoms with Crippen molar-refractivity contribution in [1.82, 2.24) is 4.98 Å². The van der Waals surface area contributed by atoms with Crippen LogP contribution in [0.1, 0.15) is 28.5 Å². The third-order valence-corrected chi connectivity index (χ3v) is 4.53. The minimum absolute atomic E-state index is 0.204. The number of aliphatic hydroxyl groups excluding tert-OH is 1. The summed E-state index contributed by atoms with van der Waals surface area (Å²) in [6.45, 7) is 0. The van der Waals surface area contributed by atoms with Gasteiger partial charge in [-0.05, 0) is 29.8 Å². The number of carbonyl (C=O) groups is 1. The lowest BCUT2D eigenvalue weighted by molar-refractivity contribution is -0.110. The minimum atomic E-state index is -0.905. The highest BCUT2D eigenvalue weighted by atomic mass is 16.5. The standard InChI is InChI=1S/C23H18N2O3/c1-28-21-12-13-24-19(21)14-17-22-16(8-5-9-18(22)25-23(17)27)10-11-20(26)15-6-3-2-4-7-15/h2-9,12-14,20,24,26H,1H3,(H,25,27). The first-order valence-corrected chi connectivity index (χ1v) is 8.79. The zero-order valence-corrected chi connectivity index (χ0v) is 15.2. The van der Waals surface area contributed by atoms with Crippen molar-refractivity contribution >= 4 is 23.2 Å². The molecule has 2 aromatic carbocycles. The molecule has 2 heterocycles. The van der Waals surface area contributed by atoms with E-state index in [2.05, 4.69) is 22.1 Å². The number of amides is 1. The first-order chi connectivity index (χ1) is 13.7. The van der Waals surface area contributed by atoms with Gasteiger partial charge in [0.1, 0.15) is 11.9 Å². The van der Waals surface area contributed by atoms with Crippen molar-refractivity contribution in [3.05, 3.63) is 83.2 Å². The fourth-order valence-electron chi connectivity index (χ4n) is 3.16. The average molecular weight is 370 g/mol. The second-order valence-corrected chi connectivity index (χ2v) is 6.28. The fourth-order valence-corrected chi connectivity index (χ4v) is 3.16. The molecule has 1 unspecified atom stereocenters. The molecule has 1 aliphatic rings. The van der Waals surface area contributed by atoms with E-state index in [0.29, 0.717) is 28.3 Å². The number of anilines is 1. The molecule has 5 heteroatoms. The third kappa shape index (κ3) is 3.29. The first-order valence-electron chi connectivity index (χ1n) is 8.79. The quantitative estimate of drug-likeness (QED) is 0.487. The summed E-state index contributed by atoms with van der Waals surface area (Å²) in [4.78, 5) is 15.6. The number of aromatic amines is 1. The smallest absolute Gasteiger partial charge is 0.256 e. The second kappa shape index (κ2) is 7.47. The summed E-state index contributed by atoms with van der Waals surface area (Å²) in [5.41, 5.74) is 4.01. The number of hydrogen-bond donors (Lipinski definition) is 3. The van der Waals surface area contributed by atoms with Crippen LogP contribution < -0.4 is 10.1 Å². The van der Waals surface area contributed by atoms with E-state index in [0.717, 1.165) is 11.1 Å². The Morgan fingerprint density at radius 2 is 1.93 bits per heavy atom. The number of benzene rings is 2. The van der Waals surface area contributed by atoms with E-state index in [9.17, 15) is 9.90 Å². The SMILES string of the molecule is COc1cc[nH]c1C=C1C(=O)Nc2cccc(C#CC(O)c3ccccc3)c21. The van der Waals surface area contributed by atoms with Crippen LogP contribution in [-0.4, -0.2) is 23.1 Å². The molecule has 138 valence electrons. The van der Waals surface area contributed by atoms with Crippen molar-refractivity contribution in [2.75, 3.05) is 12.4 Å². The van der Waals surface area contributed by atoms with Gasteiger partial charge < -0.3 is 20.1 Å². The molecule has 3 N–H and O–H groups in total. The van der Waals surface area contributed by atoms with E-state index in [1.54, 1.807) is 25.4 Å². The van der Waals surface area contributed by atoms with Crippen LogP contribution in [0.2, 0.25) is 0 Å². The second-order valence-electron chi connectivity index (χ2n) is 6.28. The van der Waals surface area contributed by atoms with Crippen molar-refractivity contribution in [2.45, 2.75) is 6.10 Å². The van der Waals surface area contributed by atoms with Crippen molar-refractivity contribution in [2.24, 2.45) is 0 Å². The highest BCUT2D eigenvalue weighted by Gasteiger charge is 2.27. The fraction of sp³-hybridized carbons (Fsp3) is 0.0870. The van der Waals surface area contributed by atoms with E-state index in [1.165, 1.54) is 0 Å². The van der Waals surface area contributed by atoms with Crippen molar-refractivity contribution in [3.8, 4) is 17.6 Å². The Hall–Kier alpha value is -3.75.